The Kier molecular flexibility index (Phi) is 6.68. The van der Waals surface area contributed by atoms with E-state index in [1.165, 1.54) is 6.07 Å². The molecule has 0 spiro atoms. The molecule has 1 aromatic carbocycles. The number of rotatable bonds is 3. The number of benzene rings is 1. The first-order valence-corrected chi connectivity index (χ1v) is 6.36. The van der Waals surface area contributed by atoms with Gasteiger partial charge < -0.3 is 9.30 Å². The van der Waals surface area contributed by atoms with Gasteiger partial charge in [-0.05, 0) is 16.6 Å². The Hall–Kier alpha value is -0.886. The van der Waals surface area contributed by atoms with Crippen molar-refractivity contribution in [2.45, 2.75) is 0 Å². The van der Waals surface area contributed by atoms with E-state index in [2.05, 4.69) is 27.9 Å². The summed E-state index contributed by atoms with van der Waals surface area (Å²) in [5.41, 5.74) is 1.50. The smallest absolute Gasteiger partial charge is 0.194 e. The van der Waals surface area contributed by atoms with Crippen LogP contribution in [-0.2, 0) is 39.8 Å². The van der Waals surface area contributed by atoms with Gasteiger partial charge in [0.1, 0.15) is 12.4 Å². The Balaban J connectivity index is 0.00000200. The Morgan fingerprint density at radius 2 is 2.20 bits per heavy atom. The van der Waals surface area contributed by atoms with E-state index >= 15 is 0 Å². The summed E-state index contributed by atoms with van der Waals surface area (Å²) in [6.07, 6.45) is 5.14. The minimum atomic E-state index is -0.0756. The molecule has 1 radical (unpaired) electrons. The van der Waals surface area contributed by atoms with E-state index < -0.39 is 0 Å². The van der Waals surface area contributed by atoms with Gasteiger partial charge in [-0.1, -0.05) is 39.2 Å². The monoisotopic (exact) mass is 405 g/mol. The van der Waals surface area contributed by atoms with Crippen molar-refractivity contribution < 1.29 is 37.4 Å². The van der Waals surface area contributed by atoms with Crippen molar-refractivity contribution in [3.05, 3.63) is 51.2 Å². The number of ether oxygens (including phenoxy) is 1. The van der Waals surface area contributed by atoms with Crippen LogP contribution in [0.3, 0.4) is 0 Å². The molecule has 1 heterocycles. The summed E-state index contributed by atoms with van der Waals surface area (Å²) < 4.78 is 7.70. The van der Waals surface area contributed by atoms with Gasteiger partial charge in [0.05, 0.1) is 0 Å². The number of terminal acetylenes is 1. The maximum Gasteiger partial charge on any atom is 0.194 e. The molecule has 0 bridgehead atoms. The van der Waals surface area contributed by atoms with Crippen molar-refractivity contribution in [2.24, 2.45) is 7.05 Å². The zero-order valence-electron chi connectivity index (χ0n) is 10.9. The third-order valence-electron chi connectivity index (χ3n) is 2.63. The topological polar surface area (TPSA) is 31.2 Å². The third kappa shape index (κ3) is 3.82. The maximum atomic E-state index is 11.6. The summed E-state index contributed by atoms with van der Waals surface area (Å²) in [6.45, 7) is 0.224. The first-order chi connectivity index (χ1) is 9.13. The second-order valence-electron chi connectivity index (χ2n) is 3.86. The van der Waals surface area contributed by atoms with Crippen molar-refractivity contribution in [3.63, 3.8) is 0 Å². The first-order valence-electron chi connectivity index (χ1n) is 5.57. The van der Waals surface area contributed by atoms with Crippen molar-refractivity contribution in [1.29, 1.82) is 0 Å². The molecule has 5 heteroatoms. The van der Waals surface area contributed by atoms with Gasteiger partial charge in [-0.25, -0.2) is 0 Å². The molecule has 99 valence electrons. The van der Waals surface area contributed by atoms with E-state index in [0.29, 0.717) is 11.4 Å². The largest absolute Gasteiger partial charge is 0.481 e. The molecule has 2 aromatic rings. The molecule has 0 aliphatic heterocycles. The van der Waals surface area contributed by atoms with Crippen molar-refractivity contribution >= 4 is 15.9 Å². The van der Waals surface area contributed by atoms with Gasteiger partial charge in [0.15, 0.2) is 5.56 Å². The molecule has 20 heavy (non-hydrogen) atoms. The molecule has 0 N–H and O–H groups in total. The summed E-state index contributed by atoms with van der Waals surface area (Å²) in [6, 6.07) is 11.6. The normalized spacial score (nSPS) is 9.45. The van der Waals surface area contributed by atoms with Crippen LogP contribution >= 0.6 is 15.9 Å². The molecule has 0 atom stereocenters. The van der Waals surface area contributed by atoms with Crippen LogP contribution in [0.25, 0.3) is 11.3 Å². The molecule has 2 rings (SSSR count). The predicted octanol–water partition coefficient (Wildman–Crippen LogP) is 2.62. The number of hydrogen-bond donors (Lipinski definition) is 0. The molecule has 3 nitrogen and oxygen atoms in total. The second kappa shape index (κ2) is 7.78. The molecule has 0 saturated carbocycles. The molecule has 0 saturated heterocycles. The average molecular weight is 406 g/mol. The molecule has 0 unspecified atom stereocenters. The fraction of sp³-hybridized carbons (Fsp3) is 0.133. The number of aromatic nitrogens is 1. The predicted molar refractivity (Wildman–Crippen MR) is 78.0 cm³/mol. The zero-order chi connectivity index (χ0) is 13.8. The molecule has 0 aliphatic carbocycles. The number of nitrogens with zero attached hydrogens (tertiary/aromatic N) is 1. The second-order valence-corrected chi connectivity index (χ2v) is 4.71. The molecule has 0 aliphatic rings. The van der Waals surface area contributed by atoms with Crippen LogP contribution in [0.4, 0.5) is 0 Å². The van der Waals surface area contributed by atoms with Crippen LogP contribution in [0.15, 0.2) is 39.6 Å². The quantitative estimate of drug-likeness (QED) is 0.580. The first kappa shape index (κ1) is 17.2. The summed E-state index contributed by atoms with van der Waals surface area (Å²) in [5.74, 6) is 3.08. The molecule has 1 aromatic heterocycles. The Labute approximate surface area is 151 Å². The Bertz CT molecular complexity index is 704. The third-order valence-corrected chi connectivity index (χ3v) is 3.29. The summed E-state index contributed by atoms with van der Waals surface area (Å²) in [5, 5.41) is 0. The van der Waals surface area contributed by atoms with Crippen LogP contribution in [0.5, 0.6) is 5.75 Å². The van der Waals surface area contributed by atoms with E-state index in [1.54, 1.807) is 17.7 Å². The van der Waals surface area contributed by atoms with Gasteiger partial charge in [0.2, 0.25) is 0 Å². The Morgan fingerprint density at radius 3 is 2.85 bits per heavy atom. The molecular weight excluding hydrogens is 395 g/mol. The molecule has 0 amide bonds. The summed E-state index contributed by atoms with van der Waals surface area (Å²) in [4.78, 5) is 11.6. The summed E-state index contributed by atoms with van der Waals surface area (Å²) in [7, 11) is 1.71. The van der Waals surface area contributed by atoms with E-state index in [0.717, 1.165) is 10.0 Å². The van der Waals surface area contributed by atoms with E-state index in [9.17, 15) is 4.79 Å². The van der Waals surface area contributed by atoms with Crippen LogP contribution in [0, 0.1) is 18.4 Å². The number of halogens is 1. The maximum absolute atomic E-state index is 11.6. The number of pyridine rings is 1. The van der Waals surface area contributed by atoms with Gasteiger partial charge in [0, 0.05) is 39.8 Å². The van der Waals surface area contributed by atoms with E-state index in [4.69, 9.17) is 11.2 Å². The van der Waals surface area contributed by atoms with Crippen LogP contribution in [-0.4, -0.2) is 11.2 Å². The molecule has 0 fully saturated rings. The SMILES string of the molecule is C#CCOc1ccc(-c2[c-]ccc(=O)n2C)c(Br)c1.[Y]. The van der Waals surface area contributed by atoms with Crippen molar-refractivity contribution in [1.82, 2.24) is 4.57 Å². The van der Waals surface area contributed by atoms with Crippen LogP contribution < -0.4 is 10.3 Å². The Morgan fingerprint density at radius 1 is 1.45 bits per heavy atom. The fourth-order valence-corrected chi connectivity index (χ4v) is 2.22. The van der Waals surface area contributed by atoms with Gasteiger partial charge in [-0.3, -0.25) is 4.79 Å². The van der Waals surface area contributed by atoms with Crippen molar-refractivity contribution in [3.8, 4) is 29.4 Å². The van der Waals surface area contributed by atoms with E-state index in [1.807, 2.05) is 18.2 Å². The minimum absolute atomic E-state index is 0. The molecular formula is C15H11BrNO2Y-. The van der Waals surface area contributed by atoms with Gasteiger partial charge in [-0.2, -0.15) is 12.1 Å². The average Bonchev–Trinajstić information content (AvgIpc) is 2.40. The standard InChI is InChI=1S/C15H11BrNO2.Y/c1-3-9-19-11-7-8-12(13(16)10-11)14-5-4-6-15(18)17(14)2;/h1,4,6-8,10H,9H2,2H3;/q-1;. The van der Waals surface area contributed by atoms with Gasteiger partial charge in [0.25, 0.3) is 0 Å². The van der Waals surface area contributed by atoms with E-state index in [-0.39, 0.29) is 44.9 Å². The van der Waals surface area contributed by atoms with Crippen molar-refractivity contribution in [2.75, 3.05) is 6.61 Å². The number of hydrogen-bond acceptors (Lipinski definition) is 2. The van der Waals surface area contributed by atoms with Gasteiger partial charge >= 0.3 is 0 Å². The minimum Gasteiger partial charge on any atom is -0.481 e. The van der Waals surface area contributed by atoms with Gasteiger partial charge in [-0.15, -0.1) is 12.5 Å². The summed E-state index contributed by atoms with van der Waals surface area (Å²) >= 11 is 3.47. The fourth-order valence-electron chi connectivity index (χ4n) is 1.67. The van der Waals surface area contributed by atoms with Crippen LogP contribution in [0.2, 0.25) is 0 Å². The van der Waals surface area contributed by atoms with Crippen LogP contribution in [0.1, 0.15) is 0 Å². The zero-order valence-corrected chi connectivity index (χ0v) is 15.3.